The zero-order valence-electron chi connectivity index (χ0n) is 8.64. The summed E-state index contributed by atoms with van der Waals surface area (Å²) in [5.74, 6) is 0. The molecule has 0 aliphatic rings. The van der Waals surface area contributed by atoms with E-state index in [4.69, 9.17) is 11.6 Å². The van der Waals surface area contributed by atoms with Crippen molar-refractivity contribution in [3.63, 3.8) is 0 Å². The van der Waals surface area contributed by atoms with Crippen molar-refractivity contribution in [3.8, 4) is 0 Å². The molecular formula is C11H16ClNS. The molecule has 0 aliphatic carbocycles. The molecule has 1 aromatic carbocycles. The van der Waals surface area contributed by atoms with Crippen LogP contribution in [0.4, 0.5) is 0 Å². The second kappa shape index (κ2) is 6.33. The van der Waals surface area contributed by atoms with Gasteiger partial charge in [0.2, 0.25) is 0 Å². The monoisotopic (exact) mass is 229 g/mol. The van der Waals surface area contributed by atoms with Crippen LogP contribution >= 0.6 is 23.4 Å². The number of hydrogen-bond acceptors (Lipinski definition) is 2. The molecule has 0 aliphatic heterocycles. The molecule has 0 aromatic heterocycles. The Kier molecular flexibility index (Phi) is 5.38. The maximum atomic E-state index is 5.95. The number of hydrogen-bond donors (Lipinski definition) is 1. The third kappa shape index (κ3) is 3.52. The highest BCUT2D eigenvalue weighted by molar-refractivity contribution is 7.98. The van der Waals surface area contributed by atoms with Crippen molar-refractivity contribution < 1.29 is 0 Å². The van der Waals surface area contributed by atoms with Crippen molar-refractivity contribution in [2.24, 2.45) is 0 Å². The van der Waals surface area contributed by atoms with Crippen molar-refractivity contribution >= 4 is 23.4 Å². The highest BCUT2D eigenvalue weighted by Gasteiger charge is 2.01. The van der Waals surface area contributed by atoms with E-state index in [2.05, 4.69) is 24.6 Å². The van der Waals surface area contributed by atoms with Gasteiger partial charge in [-0.25, -0.2) is 0 Å². The fraction of sp³-hybridized carbons (Fsp3) is 0.455. The number of thioether (sulfide) groups is 1. The van der Waals surface area contributed by atoms with Crippen molar-refractivity contribution in [1.82, 2.24) is 5.32 Å². The number of rotatable bonds is 5. The van der Waals surface area contributed by atoms with Crippen LogP contribution in [-0.4, -0.2) is 12.8 Å². The Hall–Kier alpha value is -0.180. The lowest BCUT2D eigenvalue weighted by Gasteiger charge is -2.08. The summed E-state index contributed by atoms with van der Waals surface area (Å²) in [5, 5.41) is 4.20. The SMILES string of the molecule is CCCNCc1cc(Cl)ccc1SC. The lowest BCUT2D eigenvalue weighted by molar-refractivity contribution is 0.669. The molecule has 1 nitrogen and oxygen atoms in total. The fourth-order valence-corrected chi connectivity index (χ4v) is 2.08. The van der Waals surface area contributed by atoms with E-state index in [0.29, 0.717) is 0 Å². The molecule has 0 bridgehead atoms. The van der Waals surface area contributed by atoms with Gasteiger partial charge in [-0.1, -0.05) is 18.5 Å². The zero-order chi connectivity index (χ0) is 10.4. The minimum absolute atomic E-state index is 0.816. The number of halogens is 1. The van der Waals surface area contributed by atoms with Crippen molar-refractivity contribution in [2.45, 2.75) is 24.8 Å². The predicted octanol–water partition coefficient (Wildman–Crippen LogP) is 3.56. The number of nitrogens with one attached hydrogen (secondary N) is 1. The van der Waals surface area contributed by atoms with Crippen LogP contribution in [0, 0.1) is 0 Å². The molecule has 0 saturated carbocycles. The third-order valence-electron chi connectivity index (χ3n) is 1.98. The molecule has 3 heteroatoms. The van der Waals surface area contributed by atoms with Gasteiger partial charge in [0.15, 0.2) is 0 Å². The average Bonchev–Trinajstić information content (AvgIpc) is 2.19. The van der Waals surface area contributed by atoms with Crippen LogP contribution in [0.3, 0.4) is 0 Å². The van der Waals surface area contributed by atoms with Crippen molar-refractivity contribution in [3.05, 3.63) is 28.8 Å². The first-order chi connectivity index (χ1) is 6.77. The Morgan fingerprint density at radius 1 is 1.43 bits per heavy atom. The lowest BCUT2D eigenvalue weighted by Crippen LogP contribution is -2.14. The van der Waals surface area contributed by atoms with Gasteiger partial charge < -0.3 is 5.32 Å². The maximum Gasteiger partial charge on any atom is 0.0410 e. The molecule has 0 radical (unpaired) electrons. The first kappa shape index (κ1) is 11.9. The van der Waals surface area contributed by atoms with Crippen LogP contribution in [0.5, 0.6) is 0 Å². The topological polar surface area (TPSA) is 12.0 Å². The van der Waals surface area contributed by atoms with E-state index in [1.54, 1.807) is 11.8 Å². The van der Waals surface area contributed by atoms with Crippen LogP contribution in [0.2, 0.25) is 5.02 Å². The molecule has 0 fully saturated rings. The van der Waals surface area contributed by atoms with Gasteiger partial charge in [-0.3, -0.25) is 0 Å². The van der Waals surface area contributed by atoms with Gasteiger partial charge in [0, 0.05) is 16.5 Å². The summed E-state index contributed by atoms with van der Waals surface area (Å²) in [6.07, 6.45) is 3.25. The minimum Gasteiger partial charge on any atom is -0.313 e. The smallest absolute Gasteiger partial charge is 0.0410 e. The van der Waals surface area contributed by atoms with Gasteiger partial charge in [-0.15, -0.1) is 11.8 Å². The van der Waals surface area contributed by atoms with E-state index in [1.165, 1.54) is 10.5 Å². The maximum absolute atomic E-state index is 5.95. The van der Waals surface area contributed by atoms with Gasteiger partial charge in [0.1, 0.15) is 0 Å². The summed E-state index contributed by atoms with van der Waals surface area (Å²) in [4.78, 5) is 1.30. The molecule has 0 spiro atoms. The molecular weight excluding hydrogens is 214 g/mol. The normalized spacial score (nSPS) is 10.5. The highest BCUT2D eigenvalue weighted by atomic mass is 35.5. The van der Waals surface area contributed by atoms with Crippen LogP contribution in [0.15, 0.2) is 23.1 Å². The van der Waals surface area contributed by atoms with Gasteiger partial charge in [0.05, 0.1) is 0 Å². The molecule has 1 N–H and O–H groups in total. The molecule has 78 valence electrons. The highest BCUT2D eigenvalue weighted by Crippen LogP contribution is 2.23. The van der Waals surface area contributed by atoms with E-state index in [9.17, 15) is 0 Å². The summed E-state index contributed by atoms with van der Waals surface area (Å²) in [7, 11) is 0. The van der Waals surface area contributed by atoms with Crippen molar-refractivity contribution in [1.29, 1.82) is 0 Å². The zero-order valence-corrected chi connectivity index (χ0v) is 10.2. The largest absolute Gasteiger partial charge is 0.313 e. The Labute approximate surface area is 95.2 Å². The van der Waals surface area contributed by atoms with Crippen LogP contribution in [-0.2, 0) is 6.54 Å². The Morgan fingerprint density at radius 2 is 2.21 bits per heavy atom. The summed E-state index contributed by atoms with van der Waals surface area (Å²) in [6.45, 7) is 4.13. The van der Waals surface area contributed by atoms with E-state index in [0.717, 1.165) is 24.5 Å². The molecule has 0 heterocycles. The first-order valence-electron chi connectivity index (χ1n) is 4.81. The van der Waals surface area contributed by atoms with Gasteiger partial charge >= 0.3 is 0 Å². The summed E-state index contributed by atoms with van der Waals surface area (Å²) < 4.78 is 0. The van der Waals surface area contributed by atoms with Gasteiger partial charge in [-0.05, 0) is 43.0 Å². The van der Waals surface area contributed by atoms with E-state index in [-0.39, 0.29) is 0 Å². The Bertz CT molecular complexity index is 289. The standard InChI is InChI=1S/C11H16ClNS/c1-3-6-13-8-9-7-10(12)4-5-11(9)14-2/h4-5,7,13H,3,6,8H2,1-2H3. The Balaban J connectivity index is 2.67. The predicted molar refractivity (Wildman–Crippen MR) is 65.2 cm³/mol. The fourth-order valence-electron chi connectivity index (χ4n) is 1.29. The first-order valence-corrected chi connectivity index (χ1v) is 6.41. The van der Waals surface area contributed by atoms with E-state index < -0.39 is 0 Å². The molecule has 0 saturated heterocycles. The molecule has 0 amide bonds. The average molecular weight is 230 g/mol. The molecule has 1 rings (SSSR count). The minimum atomic E-state index is 0.816. The van der Waals surface area contributed by atoms with Gasteiger partial charge in [0.25, 0.3) is 0 Å². The summed E-state index contributed by atoms with van der Waals surface area (Å²) in [5.41, 5.74) is 1.29. The quantitative estimate of drug-likeness (QED) is 0.612. The van der Waals surface area contributed by atoms with Gasteiger partial charge in [-0.2, -0.15) is 0 Å². The Morgan fingerprint density at radius 3 is 2.86 bits per heavy atom. The van der Waals surface area contributed by atoms with E-state index in [1.807, 2.05) is 12.1 Å². The molecule has 14 heavy (non-hydrogen) atoms. The van der Waals surface area contributed by atoms with Crippen LogP contribution in [0.1, 0.15) is 18.9 Å². The van der Waals surface area contributed by atoms with Crippen LogP contribution < -0.4 is 5.32 Å². The summed E-state index contributed by atoms with van der Waals surface area (Å²) in [6, 6.07) is 6.06. The third-order valence-corrected chi connectivity index (χ3v) is 3.06. The second-order valence-electron chi connectivity index (χ2n) is 3.13. The molecule has 1 aromatic rings. The summed E-state index contributed by atoms with van der Waals surface area (Å²) >= 11 is 7.71. The number of benzene rings is 1. The molecule has 0 atom stereocenters. The second-order valence-corrected chi connectivity index (χ2v) is 4.42. The van der Waals surface area contributed by atoms with E-state index >= 15 is 0 Å². The lowest BCUT2D eigenvalue weighted by atomic mass is 10.2. The van der Waals surface area contributed by atoms with Crippen LogP contribution in [0.25, 0.3) is 0 Å². The van der Waals surface area contributed by atoms with Crippen molar-refractivity contribution in [2.75, 3.05) is 12.8 Å². The molecule has 0 unspecified atom stereocenters.